The third kappa shape index (κ3) is 4.86. The molecular formula is C16H17ClN2O2S. The van der Waals surface area contributed by atoms with Gasteiger partial charge in [-0.15, -0.1) is 0 Å². The lowest BCUT2D eigenvalue weighted by Crippen LogP contribution is -2.25. The summed E-state index contributed by atoms with van der Waals surface area (Å²) in [6.07, 6.45) is 0.928. The van der Waals surface area contributed by atoms with Crippen LogP contribution < -0.4 is 10.6 Å². The lowest BCUT2D eigenvalue weighted by Gasteiger charge is -2.09. The molecule has 0 saturated heterocycles. The van der Waals surface area contributed by atoms with E-state index >= 15 is 0 Å². The molecule has 2 amide bonds. The van der Waals surface area contributed by atoms with Crippen LogP contribution in [0.2, 0.25) is 5.02 Å². The van der Waals surface area contributed by atoms with Crippen LogP contribution in [-0.2, 0) is 4.79 Å². The fourth-order valence-electron chi connectivity index (χ4n) is 1.89. The zero-order valence-corrected chi connectivity index (χ0v) is 13.8. The summed E-state index contributed by atoms with van der Waals surface area (Å²) in [6.45, 7) is 2.38. The highest BCUT2D eigenvalue weighted by molar-refractivity contribution is 7.08. The largest absolute Gasteiger partial charge is 0.352 e. The molecule has 0 aliphatic carbocycles. The number of nitrogens with one attached hydrogen (secondary N) is 2. The minimum Gasteiger partial charge on any atom is -0.352 e. The van der Waals surface area contributed by atoms with Crippen LogP contribution in [0.5, 0.6) is 0 Å². The summed E-state index contributed by atoms with van der Waals surface area (Å²) in [4.78, 5) is 23.6. The quantitative estimate of drug-likeness (QED) is 0.787. The van der Waals surface area contributed by atoms with Crippen molar-refractivity contribution in [3.05, 3.63) is 51.2 Å². The Morgan fingerprint density at radius 3 is 2.82 bits per heavy atom. The predicted octanol–water partition coefficient (Wildman–Crippen LogP) is 3.86. The Kier molecular flexibility index (Phi) is 5.98. The first kappa shape index (κ1) is 16.5. The zero-order valence-electron chi connectivity index (χ0n) is 12.2. The molecular weight excluding hydrogens is 320 g/mol. The van der Waals surface area contributed by atoms with E-state index in [-0.39, 0.29) is 11.8 Å². The summed E-state index contributed by atoms with van der Waals surface area (Å²) in [5.74, 6) is -0.192. The van der Waals surface area contributed by atoms with E-state index in [1.165, 1.54) is 11.3 Å². The normalized spacial score (nSPS) is 10.3. The van der Waals surface area contributed by atoms with Gasteiger partial charge in [0.25, 0.3) is 5.91 Å². The number of anilines is 1. The second kappa shape index (κ2) is 7.96. The van der Waals surface area contributed by atoms with Crippen LogP contribution in [0.1, 0.15) is 28.8 Å². The molecule has 0 fully saturated rings. The number of rotatable bonds is 6. The van der Waals surface area contributed by atoms with Crippen LogP contribution in [0.15, 0.2) is 35.0 Å². The minimum atomic E-state index is -0.104. The summed E-state index contributed by atoms with van der Waals surface area (Å²) >= 11 is 7.39. The molecule has 4 nitrogen and oxygen atoms in total. The topological polar surface area (TPSA) is 58.2 Å². The summed E-state index contributed by atoms with van der Waals surface area (Å²) in [7, 11) is 0. The molecule has 2 rings (SSSR count). The molecule has 1 aromatic carbocycles. The number of benzene rings is 1. The Bertz CT molecular complexity index is 656. The van der Waals surface area contributed by atoms with Gasteiger partial charge >= 0.3 is 0 Å². The van der Waals surface area contributed by atoms with Gasteiger partial charge in [-0.05, 0) is 42.5 Å². The van der Waals surface area contributed by atoms with Gasteiger partial charge in [-0.25, -0.2) is 0 Å². The lowest BCUT2D eigenvalue weighted by molar-refractivity contribution is -0.116. The van der Waals surface area contributed by atoms with Crippen molar-refractivity contribution < 1.29 is 9.59 Å². The molecule has 0 atom stereocenters. The third-order valence-corrected chi connectivity index (χ3v) is 4.04. The smallest absolute Gasteiger partial charge is 0.252 e. The standard InChI is InChI=1S/C16H17ClN2O2S/c1-11-4-5-13(17)9-14(11)19-15(20)3-2-7-18-16(21)12-6-8-22-10-12/h4-6,8-10H,2-3,7H2,1H3,(H,18,21)(H,19,20). The first-order valence-electron chi connectivity index (χ1n) is 6.92. The molecule has 0 saturated carbocycles. The van der Waals surface area contributed by atoms with E-state index in [1.807, 2.05) is 18.4 Å². The number of aryl methyl sites for hydroxylation is 1. The molecule has 116 valence electrons. The van der Waals surface area contributed by atoms with Crippen LogP contribution in [0.3, 0.4) is 0 Å². The second-order valence-electron chi connectivity index (χ2n) is 4.88. The van der Waals surface area contributed by atoms with Gasteiger partial charge < -0.3 is 10.6 Å². The third-order valence-electron chi connectivity index (χ3n) is 3.12. The number of hydrogen-bond acceptors (Lipinski definition) is 3. The van der Waals surface area contributed by atoms with Crippen molar-refractivity contribution in [2.45, 2.75) is 19.8 Å². The Hall–Kier alpha value is -1.85. The van der Waals surface area contributed by atoms with Crippen molar-refractivity contribution in [2.75, 3.05) is 11.9 Å². The zero-order chi connectivity index (χ0) is 15.9. The first-order chi connectivity index (χ1) is 10.6. The van der Waals surface area contributed by atoms with E-state index in [0.717, 1.165) is 11.3 Å². The molecule has 0 bridgehead atoms. The SMILES string of the molecule is Cc1ccc(Cl)cc1NC(=O)CCCNC(=O)c1ccsc1. The number of hydrogen-bond donors (Lipinski definition) is 2. The number of amides is 2. The molecule has 0 radical (unpaired) electrons. The van der Waals surface area contributed by atoms with E-state index < -0.39 is 0 Å². The van der Waals surface area contributed by atoms with E-state index in [4.69, 9.17) is 11.6 Å². The van der Waals surface area contributed by atoms with Crippen LogP contribution in [-0.4, -0.2) is 18.4 Å². The van der Waals surface area contributed by atoms with Crippen LogP contribution in [0.25, 0.3) is 0 Å². The Balaban J connectivity index is 1.72. The number of carbonyl (C=O) groups is 2. The highest BCUT2D eigenvalue weighted by atomic mass is 35.5. The van der Waals surface area contributed by atoms with E-state index in [0.29, 0.717) is 30.0 Å². The average Bonchev–Trinajstić information content (AvgIpc) is 3.01. The molecule has 2 aromatic rings. The molecule has 2 N–H and O–H groups in total. The summed E-state index contributed by atoms with van der Waals surface area (Å²) in [6, 6.07) is 7.15. The van der Waals surface area contributed by atoms with Crippen LogP contribution in [0.4, 0.5) is 5.69 Å². The summed E-state index contributed by atoms with van der Waals surface area (Å²) in [5, 5.41) is 9.86. The van der Waals surface area contributed by atoms with Gasteiger partial charge in [-0.3, -0.25) is 9.59 Å². The van der Waals surface area contributed by atoms with Crippen molar-refractivity contribution in [3.63, 3.8) is 0 Å². The van der Waals surface area contributed by atoms with Gasteiger partial charge in [0.15, 0.2) is 0 Å². The first-order valence-corrected chi connectivity index (χ1v) is 8.25. The van der Waals surface area contributed by atoms with Gasteiger partial charge in [-0.2, -0.15) is 11.3 Å². The Morgan fingerprint density at radius 1 is 1.27 bits per heavy atom. The van der Waals surface area contributed by atoms with Crippen LogP contribution >= 0.6 is 22.9 Å². The summed E-state index contributed by atoms with van der Waals surface area (Å²) < 4.78 is 0. The van der Waals surface area contributed by atoms with Crippen molar-refractivity contribution in [1.29, 1.82) is 0 Å². The monoisotopic (exact) mass is 336 g/mol. The summed E-state index contributed by atoms with van der Waals surface area (Å²) in [5.41, 5.74) is 2.34. The van der Waals surface area contributed by atoms with E-state index in [2.05, 4.69) is 10.6 Å². The molecule has 0 aliphatic rings. The van der Waals surface area contributed by atoms with Gasteiger partial charge in [0.05, 0.1) is 0 Å². The maximum atomic E-state index is 11.9. The van der Waals surface area contributed by atoms with E-state index in [9.17, 15) is 9.59 Å². The number of thiophene rings is 1. The lowest BCUT2D eigenvalue weighted by atomic mass is 10.2. The maximum absolute atomic E-state index is 11.9. The van der Waals surface area contributed by atoms with Gasteiger partial charge in [0.2, 0.25) is 5.91 Å². The molecule has 0 unspecified atom stereocenters. The van der Waals surface area contributed by atoms with E-state index in [1.54, 1.807) is 23.6 Å². The van der Waals surface area contributed by atoms with Gasteiger partial charge in [0.1, 0.15) is 0 Å². The molecule has 1 heterocycles. The maximum Gasteiger partial charge on any atom is 0.252 e. The number of carbonyl (C=O) groups excluding carboxylic acids is 2. The average molecular weight is 337 g/mol. The fourth-order valence-corrected chi connectivity index (χ4v) is 2.70. The second-order valence-corrected chi connectivity index (χ2v) is 6.10. The molecule has 1 aromatic heterocycles. The van der Waals surface area contributed by atoms with Gasteiger partial charge in [-0.1, -0.05) is 17.7 Å². The van der Waals surface area contributed by atoms with Crippen molar-refractivity contribution in [3.8, 4) is 0 Å². The van der Waals surface area contributed by atoms with Gasteiger partial charge in [0, 0.05) is 34.6 Å². The minimum absolute atomic E-state index is 0.0878. The fraction of sp³-hybridized carbons (Fsp3) is 0.250. The molecule has 0 aliphatic heterocycles. The van der Waals surface area contributed by atoms with Crippen molar-refractivity contribution in [2.24, 2.45) is 0 Å². The number of halogens is 1. The Morgan fingerprint density at radius 2 is 2.09 bits per heavy atom. The molecule has 0 spiro atoms. The van der Waals surface area contributed by atoms with Crippen molar-refractivity contribution >= 4 is 40.4 Å². The molecule has 6 heteroatoms. The Labute approximate surface area is 138 Å². The molecule has 22 heavy (non-hydrogen) atoms. The highest BCUT2D eigenvalue weighted by Gasteiger charge is 2.07. The van der Waals surface area contributed by atoms with Crippen molar-refractivity contribution in [1.82, 2.24) is 5.32 Å². The predicted molar refractivity (Wildman–Crippen MR) is 90.7 cm³/mol. The highest BCUT2D eigenvalue weighted by Crippen LogP contribution is 2.20. The van der Waals surface area contributed by atoms with Crippen LogP contribution in [0, 0.1) is 6.92 Å².